The molecule has 0 atom stereocenters. The predicted octanol–water partition coefficient (Wildman–Crippen LogP) is 2.73. The lowest BCUT2D eigenvalue weighted by atomic mass is 10.1. The maximum atomic E-state index is 10.7. The summed E-state index contributed by atoms with van der Waals surface area (Å²) in [6.45, 7) is 0. The maximum absolute atomic E-state index is 10.7. The third-order valence-corrected chi connectivity index (χ3v) is 2.53. The van der Waals surface area contributed by atoms with Gasteiger partial charge in [0.25, 0.3) is 0 Å². The molecular formula is C10H9IO2. The summed E-state index contributed by atoms with van der Waals surface area (Å²) in [5.41, 5.74) is 2.62. The molecule has 0 saturated carbocycles. The maximum Gasteiger partial charge on any atom is 0.367 e. The highest BCUT2D eigenvalue weighted by Gasteiger charge is 2.23. The number of ether oxygens (including phenoxy) is 1. The topological polar surface area (TPSA) is 26.3 Å². The lowest BCUT2D eigenvalue weighted by Gasteiger charge is -2.07. The molecule has 1 aliphatic carbocycles. The first-order valence-electron chi connectivity index (χ1n) is 4.18. The molecule has 0 heterocycles. The van der Waals surface area contributed by atoms with Crippen LogP contribution in [0.3, 0.4) is 0 Å². The molecule has 0 N–H and O–H groups in total. The summed E-state index contributed by atoms with van der Waals surface area (Å²) in [4.78, 5) is 10.7. The molecule has 0 spiro atoms. The summed E-state index contributed by atoms with van der Waals surface area (Å²) >= 11 is 1.67. The van der Waals surface area contributed by atoms with E-state index in [1.54, 1.807) is 22.6 Å². The predicted molar refractivity (Wildman–Crippen MR) is 58.1 cm³/mol. The van der Waals surface area contributed by atoms with Crippen LogP contribution in [0, 0.1) is 0 Å². The Morgan fingerprint density at radius 3 is 2.31 bits per heavy atom. The van der Waals surface area contributed by atoms with Crippen LogP contribution in [0.15, 0.2) is 24.3 Å². The summed E-state index contributed by atoms with van der Waals surface area (Å²) in [5, 5.41) is 0. The molecule has 3 heteroatoms. The fourth-order valence-corrected chi connectivity index (χ4v) is 2.09. The van der Waals surface area contributed by atoms with Crippen LogP contribution in [0.4, 0.5) is 4.79 Å². The lowest BCUT2D eigenvalue weighted by molar-refractivity contribution is 0.132. The third kappa shape index (κ3) is 2.02. The van der Waals surface area contributed by atoms with Gasteiger partial charge in [-0.05, 0) is 11.1 Å². The van der Waals surface area contributed by atoms with Gasteiger partial charge < -0.3 is 4.74 Å². The molecule has 0 fully saturated rings. The molecule has 0 amide bonds. The third-order valence-electron chi connectivity index (χ3n) is 2.27. The molecule has 0 aromatic heterocycles. The quantitative estimate of drug-likeness (QED) is 0.586. The first-order chi connectivity index (χ1) is 6.25. The second-order valence-corrected chi connectivity index (χ2v) is 4.04. The monoisotopic (exact) mass is 288 g/mol. The SMILES string of the molecule is O=C(I)OC1Cc2ccccc2C1. The van der Waals surface area contributed by atoms with E-state index in [0.29, 0.717) is 0 Å². The molecule has 1 aliphatic rings. The van der Waals surface area contributed by atoms with E-state index in [2.05, 4.69) is 12.1 Å². The van der Waals surface area contributed by atoms with E-state index in [4.69, 9.17) is 4.74 Å². The van der Waals surface area contributed by atoms with Crippen molar-refractivity contribution >= 4 is 26.6 Å². The van der Waals surface area contributed by atoms with Crippen molar-refractivity contribution in [3.8, 4) is 0 Å². The Balaban J connectivity index is 2.09. The van der Waals surface area contributed by atoms with Gasteiger partial charge in [0, 0.05) is 12.8 Å². The fraction of sp³-hybridized carbons (Fsp3) is 0.300. The van der Waals surface area contributed by atoms with Crippen molar-refractivity contribution in [2.75, 3.05) is 0 Å². The molecule has 68 valence electrons. The summed E-state index contributed by atoms with van der Waals surface area (Å²) in [6.07, 6.45) is 1.79. The van der Waals surface area contributed by atoms with E-state index < -0.39 is 0 Å². The molecule has 0 bridgehead atoms. The van der Waals surface area contributed by atoms with Crippen molar-refractivity contribution < 1.29 is 9.53 Å². The zero-order valence-corrected chi connectivity index (χ0v) is 9.15. The van der Waals surface area contributed by atoms with Crippen molar-refractivity contribution in [1.29, 1.82) is 0 Å². The Labute approximate surface area is 90.4 Å². The van der Waals surface area contributed by atoms with Gasteiger partial charge in [-0.25, -0.2) is 4.79 Å². The normalized spacial score (nSPS) is 15.5. The molecule has 2 nitrogen and oxygen atoms in total. The molecule has 0 saturated heterocycles. The van der Waals surface area contributed by atoms with Crippen molar-refractivity contribution in [1.82, 2.24) is 0 Å². The molecule has 0 radical (unpaired) electrons. The highest BCUT2D eigenvalue weighted by atomic mass is 127. The van der Waals surface area contributed by atoms with Crippen LogP contribution in [0.5, 0.6) is 0 Å². The number of halogens is 1. The van der Waals surface area contributed by atoms with E-state index in [9.17, 15) is 4.79 Å². The van der Waals surface area contributed by atoms with Gasteiger partial charge in [-0.2, -0.15) is 0 Å². The van der Waals surface area contributed by atoms with E-state index >= 15 is 0 Å². The van der Waals surface area contributed by atoms with Gasteiger partial charge in [-0.15, -0.1) is 0 Å². The summed E-state index contributed by atoms with van der Waals surface area (Å²) < 4.78 is 4.93. The van der Waals surface area contributed by atoms with Crippen molar-refractivity contribution in [2.24, 2.45) is 0 Å². The smallest absolute Gasteiger partial charge is 0.367 e. The minimum atomic E-state index is -0.213. The van der Waals surface area contributed by atoms with Gasteiger partial charge in [0.2, 0.25) is 0 Å². The van der Waals surface area contributed by atoms with Crippen LogP contribution in [0.2, 0.25) is 0 Å². The van der Waals surface area contributed by atoms with Crippen molar-refractivity contribution in [2.45, 2.75) is 18.9 Å². The number of benzene rings is 1. The van der Waals surface area contributed by atoms with E-state index in [1.807, 2.05) is 12.1 Å². The first kappa shape index (κ1) is 8.99. The summed E-state index contributed by atoms with van der Waals surface area (Å²) in [7, 11) is 0. The highest BCUT2D eigenvalue weighted by Crippen LogP contribution is 2.24. The Kier molecular flexibility index (Phi) is 2.53. The van der Waals surface area contributed by atoms with Crippen LogP contribution < -0.4 is 0 Å². The Bertz CT molecular complexity index is 310. The van der Waals surface area contributed by atoms with Gasteiger partial charge in [0.05, 0.1) is 22.6 Å². The Morgan fingerprint density at radius 2 is 1.85 bits per heavy atom. The van der Waals surface area contributed by atoms with E-state index in [1.165, 1.54) is 11.1 Å². The second kappa shape index (κ2) is 3.65. The standard InChI is InChI=1S/C10H9IO2/c11-10(12)13-9-5-7-3-1-2-4-8(7)6-9/h1-4,9H,5-6H2. The van der Waals surface area contributed by atoms with E-state index in [0.717, 1.165) is 12.8 Å². The average Bonchev–Trinajstić information content (AvgIpc) is 2.44. The molecule has 2 rings (SSSR count). The zero-order valence-electron chi connectivity index (χ0n) is 7.00. The van der Waals surface area contributed by atoms with Gasteiger partial charge in [0.1, 0.15) is 6.10 Å². The number of carbonyl (C=O) groups is 1. The van der Waals surface area contributed by atoms with Crippen LogP contribution in [-0.2, 0) is 17.6 Å². The van der Waals surface area contributed by atoms with Gasteiger partial charge >= 0.3 is 3.98 Å². The zero-order chi connectivity index (χ0) is 9.26. The number of hydrogen-bond donors (Lipinski definition) is 0. The fourth-order valence-electron chi connectivity index (χ4n) is 1.73. The number of hydrogen-bond acceptors (Lipinski definition) is 2. The Hall–Kier alpha value is -0.580. The minimum absolute atomic E-state index is 0.0572. The van der Waals surface area contributed by atoms with Crippen LogP contribution in [-0.4, -0.2) is 10.1 Å². The second-order valence-electron chi connectivity index (χ2n) is 3.15. The highest BCUT2D eigenvalue weighted by molar-refractivity contribution is 14.1. The molecule has 1 aromatic rings. The molecular weight excluding hydrogens is 279 g/mol. The van der Waals surface area contributed by atoms with Crippen LogP contribution in [0.25, 0.3) is 0 Å². The number of rotatable bonds is 1. The number of fused-ring (bicyclic) bond motifs is 1. The first-order valence-corrected chi connectivity index (χ1v) is 5.26. The summed E-state index contributed by atoms with van der Waals surface area (Å²) in [6, 6.07) is 8.23. The van der Waals surface area contributed by atoms with E-state index in [-0.39, 0.29) is 10.1 Å². The van der Waals surface area contributed by atoms with Crippen LogP contribution in [0.1, 0.15) is 11.1 Å². The molecule has 0 aliphatic heterocycles. The molecule has 1 aromatic carbocycles. The summed E-state index contributed by atoms with van der Waals surface area (Å²) in [5.74, 6) is 0. The van der Waals surface area contributed by atoms with Crippen molar-refractivity contribution in [3.63, 3.8) is 0 Å². The Morgan fingerprint density at radius 1 is 1.31 bits per heavy atom. The molecule has 0 unspecified atom stereocenters. The van der Waals surface area contributed by atoms with Gasteiger partial charge in [0.15, 0.2) is 0 Å². The van der Waals surface area contributed by atoms with Gasteiger partial charge in [-0.3, -0.25) is 0 Å². The largest absolute Gasteiger partial charge is 0.454 e. The van der Waals surface area contributed by atoms with Crippen molar-refractivity contribution in [3.05, 3.63) is 35.4 Å². The minimum Gasteiger partial charge on any atom is -0.454 e. The average molecular weight is 288 g/mol. The van der Waals surface area contributed by atoms with Crippen LogP contribution >= 0.6 is 22.6 Å². The molecule has 13 heavy (non-hydrogen) atoms. The lowest BCUT2D eigenvalue weighted by Crippen LogP contribution is -2.13. The number of carbonyl (C=O) groups excluding carboxylic acids is 1. The van der Waals surface area contributed by atoms with Gasteiger partial charge in [-0.1, -0.05) is 24.3 Å².